The lowest BCUT2D eigenvalue weighted by Gasteiger charge is -2.13. The van der Waals surface area contributed by atoms with Crippen molar-refractivity contribution in [2.75, 3.05) is 17.7 Å². The van der Waals surface area contributed by atoms with Crippen LogP contribution in [0, 0.1) is 11.3 Å². The zero-order valence-electron chi connectivity index (χ0n) is 14.8. The van der Waals surface area contributed by atoms with Crippen molar-refractivity contribution in [2.45, 2.75) is 19.8 Å². The van der Waals surface area contributed by atoms with Crippen molar-refractivity contribution in [1.82, 2.24) is 0 Å². The lowest BCUT2D eigenvalue weighted by Crippen LogP contribution is -2.16. The highest BCUT2D eigenvalue weighted by molar-refractivity contribution is 6.31. The van der Waals surface area contributed by atoms with Gasteiger partial charge in [0.1, 0.15) is 17.4 Å². The van der Waals surface area contributed by atoms with Gasteiger partial charge in [0, 0.05) is 16.9 Å². The van der Waals surface area contributed by atoms with Gasteiger partial charge < -0.3 is 15.4 Å². The third kappa shape index (κ3) is 4.78. The van der Waals surface area contributed by atoms with Crippen LogP contribution in [-0.2, 0) is 4.79 Å². The van der Waals surface area contributed by atoms with Gasteiger partial charge in [-0.05, 0) is 35.7 Å². The monoisotopic (exact) mass is 369 g/mol. The molecule has 2 rings (SSSR count). The van der Waals surface area contributed by atoms with Crippen LogP contribution in [0.1, 0.15) is 25.3 Å². The molecule has 0 fully saturated rings. The second kappa shape index (κ2) is 8.93. The summed E-state index contributed by atoms with van der Waals surface area (Å²) in [5.74, 6) is 0.303. The minimum absolute atomic E-state index is 0.0643. The number of hydrogen-bond donors (Lipinski definition) is 2. The Bertz CT molecular complexity index is 870. The summed E-state index contributed by atoms with van der Waals surface area (Å²) < 4.78 is 5.23. The molecule has 134 valence electrons. The number of carbonyl (C=O) groups excluding carboxylic acids is 1. The van der Waals surface area contributed by atoms with Gasteiger partial charge in [0.25, 0.3) is 5.91 Å². The highest BCUT2D eigenvalue weighted by Crippen LogP contribution is 2.28. The van der Waals surface area contributed by atoms with Crippen LogP contribution in [0.3, 0.4) is 0 Å². The van der Waals surface area contributed by atoms with E-state index in [1.165, 1.54) is 13.3 Å². The van der Waals surface area contributed by atoms with Crippen LogP contribution in [-0.4, -0.2) is 13.0 Å². The molecule has 0 aliphatic carbocycles. The Labute approximate surface area is 158 Å². The number of halogens is 1. The third-order valence-corrected chi connectivity index (χ3v) is 3.96. The molecule has 6 heteroatoms. The molecular weight excluding hydrogens is 350 g/mol. The maximum atomic E-state index is 12.5. The third-order valence-electron chi connectivity index (χ3n) is 3.73. The first-order chi connectivity index (χ1) is 12.5. The molecule has 0 aliphatic heterocycles. The number of hydrogen-bond acceptors (Lipinski definition) is 4. The molecule has 2 aromatic carbocycles. The van der Waals surface area contributed by atoms with Gasteiger partial charge in [-0.15, -0.1) is 0 Å². The maximum absolute atomic E-state index is 12.5. The molecule has 0 spiro atoms. The van der Waals surface area contributed by atoms with Crippen LogP contribution in [0.25, 0.3) is 0 Å². The summed E-state index contributed by atoms with van der Waals surface area (Å²) in [6.45, 7) is 4.08. The number of amides is 1. The molecule has 0 saturated heterocycles. The lowest BCUT2D eigenvalue weighted by molar-refractivity contribution is -0.112. The van der Waals surface area contributed by atoms with Crippen LogP contribution in [0.4, 0.5) is 11.4 Å². The molecule has 26 heavy (non-hydrogen) atoms. The molecule has 0 aromatic heterocycles. The topological polar surface area (TPSA) is 74.1 Å². The Morgan fingerprint density at radius 3 is 2.62 bits per heavy atom. The van der Waals surface area contributed by atoms with Crippen molar-refractivity contribution < 1.29 is 9.53 Å². The molecule has 2 aromatic rings. The molecule has 0 unspecified atom stereocenters. The quantitative estimate of drug-likeness (QED) is 0.559. The number of rotatable bonds is 6. The second-order valence-corrected chi connectivity index (χ2v) is 6.29. The zero-order valence-corrected chi connectivity index (χ0v) is 15.6. The van der Waals surface area contributed by atoms with Gasteiger partial charge in [-0.2, -0.15) is 5.26 Å². The van der Waals surface area contributed by atoms with Crippen LogP contribution >= 0.6 is 11.6 Å². The van der Waals surface area contributed by atoms with Gasteiger partial charge in [0.2, 0.25) is 0 Å². The highest BCUT2D eigenvalue weighted by Gasteiger charge is 2.13. The molecule has 2 N–H and O–H groups in total. The summed E-state index contributed by atoms with van der Waals surface area (Å²) in [5.41, 5.74) is 2.19. The smallest absolute Gasteiger partial charge is 0.267 e. The van der Waals surface area contributed by atoms with Crippen LogP contribution in [0.5, 0.6) is 5.75 Å². The van der Waals surface area contributed by atoms with E-state index in [0.717, 1.165) is 5.56 Å². The lowest BCUT2D eigenvalue weighted by atomic mass is 10.0. The van der Waals surface area contributed by atoms with Gasteiger partial charge >= 0.3 is 0 Å². The van der Waals surface area contributed by atoms with Crippen molar-refractivity contribution in [3.63, 3.8) is 0 Å². The van der Waals surface area contributed by atoms with Gasteiger partial charge in [0.15, 0.2) is 0 Å². The fraction of sp³-hybridized carbons (Fsp3) is 0.200. The van der Waals surface area contributed by atoms with Crippen molar-refractivity contribution in [2.24, 2.45) is 0 Å². The average Bonchev–Trinajstić information content (AvgIpc) is 2.62. The number of ether oxygens (including phenoxy) is 1. The first-order valence-electron chi connectivity index (χ1n) is 8.07. The molecule has 0 aliphatic rings. The van der Waals surface area contributed by atoms with E-state index in [9.17, 15) is 10.1 Å². The Hall–Kier alpha value is -2.97. The average molecular weight is 370 g/mol. The van der Waals surface area contributed by atoms with E-state index in [2.05, 4.69) is 10.6 Å². The number of methoxy groups -OCH3 is 1. The van der Waals surface area contributed by atoms with Gasteiger partial charge in [0.05, 0.1) is 12.8 Å². The zero-order chi connectivity index (χ0) is 19.1. The van der Waals surface area contributed by atoms with E-state index in [1.807, 2.05) is 44.2 Å². The van der Waals surface area contributed by atoms with Gasteiger partial charge in [-0.25, -0.2) is 0 Å². The fourth-order valence-electron chi connectivity index (χ4n) is 2.40. The predicted molar refractivity (Wildman–Crippen MR) is 104 cm³/mol. The number of anilines is 2. The molecule has 0 heterocycles. The maximum Gasteiger partial charge on any atom is 0.267 e. The summed E-state index contributed by atoms with van der Waals surface area (Å²) in [6, 6.07) is 14.5. The van der Waals surface area contributed by atoms with Crippen LogP contribution in [0.15, 0.2) is 54.2 Å². The van der Waals surface area contributed by atoms with Crippen molar-refractivity contribution >= 4 is 28.9 Å². The SMILES string of the molecule is COc1ccc(Cl)cc1N/C=C(/C#N)C(=O)Nc1ccccc1C(C)C. The number of carbonyl (C=O) groups is 1. The minimum atomic E-state index is -0.492. The van der Waals surface area contributed by atoms with Crippen molar-refractivity contribution in [3.05, 3.63) is 64.8 Å². The number of para-hydroxylation sites is 1. The van der Waals surface area contributed by atoms with Crippen molar-refractivity contribution in [3.8, 4) is 11.8 Å². The van der Waals surface area contributed by atoms with E-state index < -0.39 is 5.91 Å². The molecule has 5 nitrogen and oxygen atoms in total. The van der Waals surface area contributed by atoms with Gasteiger partial charge in [-0.3, -0.25) is 4.79 Å². The summed E-state index contributed by atoms with van der Waals surface area (Å²) in [5, 5.41) is 15.5. The van der Waals surface area contributed by atoms with E-state index in [0.29, 0.717) is 22.1 Å². The van der Waals surface area contributed by atoms with E-state index in [1.54, 1.807) is 18.2 Å². The first-order valence-corrected chi connectivity index (χ1v) is 8.44. The number of nitrogens with zero attached hydrogens (tertiary/aromatic N) is 1. The van der Waals surface area contributed by atoms with E-state index in [4.69, 9.17) is 16.3 Å². The number of nitriles is 1. The molecule has 0 radical (unpaired) electrons. The Kier molecular flexibility index (Phi) is 6.65. The van der Waals surface area contributed by atoms with Crippen LogP contribution < -0.4 is 15.4 Å². The fourth-order valence-corrected chi connectivity index (χ4v) is 2.57. The summed E-state index contributed by atoms with van der Waals surface area (Å²) in [7, 11) is 1.53. The Morgan fingerprint density at radius 1 is 1.23 bits per heavy atom. The normalized spacial score (nSPS) is 11.0. The standard InChI is InChI=1S/C20H20ClN3O2/c1-13(2)16-6-4-5-7-17(16)24-20(25)14(11-22)12-23-18-10-15(21)8-9-19(18)26-3/h4-10,12-13,23H,1-3H3,(H,24,25)/b14-12-. The Balaban J connectivity index is 2.21. The van der Waals surface area contributed by atoms with Gasteiger partial charge in [-0.1, -0.05) is 43.6 Å². The number of nitrogens with one attached hydrogen (secondary N) is 2. The molecule has 0 saturated carbocycles. The summed E-state index contributed by atoms with van der Waals surface area (Å²) in [4.78, 5) is 12.5. The predicted octanol–water partition coefficient (Wildman–Crippen LogP) is 4.93. The minimum Gasteiger partial charge on any atom is -0.495 e. The second-order valence-electron chi connectivity index (χ2n) is 5.85. The molecule has 0 atom stereocenters. The molecule has 0 bridgehead atoms. The van der Waals surface area contributed by atoms with E-state index >= 15 is 0 Å². The largest absolute Gasteiger partial charge is 0.495 e. The Morgan fingerprint density at radius 2 is 1.96 bits per heavy atom. The molecular formula is C20H20ClN3O2. The first kappa shape index (κ1) is 19.4. The van der Waals surface area contributed by atoms with Crippen molar-refractivity contribution in [1.29, 1.82) is 5.26 Å². The van der Waals surface area contributed by atoms with Crippen LogP contribution in [0.2, 0.25) is 5.02 Å². The summed E-state index contributed by atoms with van der Waals surface area (Å²) >= 11 is 5.98. The summed E-state index contributed by atoms with van der Waals surface area (Å²) in [6.07, 6.45) is 1.33. The highest BCUT2D eigenvalue weighted by atomic mass is 35.5. The molecule has 1 amide bonds. The number of benzene rings is 2. The van der Waals surface area contributed by atoms with E-state index in [-0.39, 0.29) is 11.5 Å².